The summed E-state index contributed by atoms with van der Waals surface area (Å²) in [5.41, 5.74) is 6.30. The number of benzene rings is 1. The van der Waals surface area contributed by atoms with Gasteiger partial charge in [0, 0.05) is 5.56 Å². The summed E-state index contributed by atoms with van der Waals surface area (Å²) in [7, 11) is 0. The van der Waals surface area contributed by atoms with Crippen LogP contribution in [0.25, 0.3) is 0 Å². The highest BCUT2D eigenvalue weighted by atomic mass is 16.3. The molecular formula is C9H10N2O2. The predicted octanol–water partition coefficient (Wildman–Crippen LogP) is 0.256. The molecule has 1 unspecified atom stereocenters. The molecule has 0 saturated heterocycles. The first kappa shape index (κ1) is 9.52. The van der Waals surface area contributed by atoms with Gasteiger partial charge >= 0.3 is 0 Å². The molecule has 0 aliphatic rings. The van der Waals surface area contributed by atoms with Crippen molar-refractivity contribution in [3.05, 3.63) is 29.3 Å². The number of aliphatic hydroxyl groups is 1. The Balaban J connectivity index is 3.12. The first-order valence-corrected chi connectivity index (χ1v) is 3.78. The second-order valence-corrected chi connectivity index (χ2v) is 2.67. The number of aromatic hydroxyl groups is 1. The van der Waals surface area contributed by atoms with Crippen LogP contribution < -0.4 is 5.73 Å². The zero-order valence-electron chi connectivity index (χ0n) is 6.94. The Hall–Kier alpha value is -1.57. The van der Waals surface area contributed by atoms with Gasteiger partial charge in [0.15, 0.2) is 0 Å². The summed E-state index contributed by atoms with van der Waals surface area (Å²) < 4.78 is 0. The molecule has 1 rings (SSSR count). The molecule has 0 saturated carbocycles. The van der Waals surface area contributed by atoms with E-state index in [0.717, 1.165) is 0 Å². The minimum Gasteiger partial charge on any atom is -0.508 e. The fourth-order valence-corrected chi connectivity index (χ4v) is 1.02. The van der Waals surface area contributed by atoms with Gasteiger partial charge in [-0.1, -0.05) is 0 Å². The van der Waals surface area contributed by atoms with Crippen LogP contribution in [0, 0.1) is 11.3 Å². The molecule has 0 heterocycles. The van der Waals surface area contributed by atoms with E-state index in [4.69, 9.17) is 16.1 Å². The maximum Gasteiger partial charge on any atom is 0.120 e. The Morgan fingerprint density at radius 2 is 2.23 bits per heavy atom. The zero-order chi connectivity index (χ0) is 9.84. The van der Waals surface area contributed by atoms with Gasteiger partial charge in [0.1, 0.15) is 5.75 Å². The van der Waals surface area contributed by atoms with Crippen LogP contribution in [0.4, 0.5) is 0 Å². The molecule has 0 radical (unpaired) electrons. The van der Waals surface area contributed by atoms with E-state index in [2.05, 4.69) is 0 Å². The van der Waals surface area contributed by atoms with Crippen LogP contribution >= 0.6 is 0 Å². The van der Waals surface area contributed by atoms with Gasteiger partial charge in [0.05, 0.1) is 24.3 Å². The summed E-state index contributed by atoms with van der Waals surface area (Å²) in [6.07, 6.45) is 0. The van der Waals surface area contributed by atoms with Crippen molar-refractivity contribution in [2.24, 2.45) is 5.73 Å². The Bertz CT molecular complexity index is 344. The number of phenols is 1. The molecule has 0 bridgehead atoms. The maximum atomic E-state index is 9.33. The van der Waals surface area contributed by atoms with Gasteiger partial charge in [-0.15, -0.1) is 0 Å². The molecule has 68 valence electrons. The van der Waals surface area contributed by atoms with Gasteiger partial charge in [0.25, 0.3) is 0 Å². The van der Waals surface area contributed by atoms with Gasteiger partial charge < -0.3 is 15.9 Å². The summed E-state index contributed by atoms with van der Waals surface area (Å²) >= 11 is 0. The number of phenolic OH excluding ortho intramolecular Hbond substituents is 1. The van der Waals surface area contributed by atoms with Crippen molar-refractivity contribution in [1.82, 2.24) is 0 Å². The molecular weight excluding hydrogens is 168 g/mol. The van der Waals surface area contributed by atoms with Gasteiger partial charge in [0.2, 0.25) is 0 Å². The summed E-state index contributed by atoms with van der Waals surface area (Å²) in [5.74, 6) is 0.000509. The van der Waals surface area contributed by atoms with E-state index in [1.165, 1.54) is 18.2 Å². The number of rotatable bonds is 2. The van der Waals surface area contributed by atoms with Gasteiger partial charge in [-0.05, 0) is 18.2 Å². The van der Waals surface area contributed by atoms with Crippen molar-refractivity contribution in [1.29, 1.82) is 5.26 Å². The first-order chi connectivity index (χ1) is 6.19. The molecule has 4 heteroatoms. The van der Waals surface area contributed by atoms with Gasteiger partial charge in [-0.2, -0.15) is 5.26 Å². The normalized spacial score (nSPS) is 12.1. The second kappa shape index (κ2) is 3.90. The lowest BCUT2D eigenvalue weighted by molar-refractivity contribution is 0.265. The van der Waals surface area contributed by atoms with Crippen LogP contribution in [0.15, 0.2) is 18.2 Å². The summed E-state index contributed by atoms with van der Waals surface area (Å²) in [6, 6.07) is 5.63. The van der Waals surface area contributed by atoms with Crippen molar-refractivity contribution in [3.8, 4) is 11.8 Å². The van der Waals surface area contributed by atoms with Crippen molar-refractivity contribution in [2.45, 2.75) is 6.04 Å². The van der Waals surface area contributed by atoms with Gasteiger partial charge in [-0.25, -0.2) is 0 Å². The average molecular weight is 178 g/mol. The second-order valence-electron chi connectivity index (χ2n) is 2.67. The van der Waals surface area contributed by atoms with E-state index < -0.39 is 6.04 Å². The van der Waals surface area contributed by atoms with Crippen LogP contribution in [0.5, 0.6) is 5.75 Å². The molecule has 0 spiro atoms. The molecule has 1 aromatic rings. The Kier molecular flexibility index (Phi) is 2.85. The standard InChI is InChI=1S/C9H10N2O2/c10-4-6-1-2-9(13)7(3-6)8(11)5-12/h1-3,8,12-13H,5,11H2. The van der Waals surface area contributed by atoms with E-state index in [1.54, 1.807) is 0 Å². The largest absolute Gasteiger partial charge is 0.508 e. The quantitative estimate of drug-likeness (QED) is 0.605. The highest BCUT2D eigenvalue weighted by Crippen LogP contribution is 2.23. The van der Waals surface area contributed by atoms with Crippen LogP contribution in [0.1, 0.15) is 17.2 Å². The number of nitrogens with zero attached hydrogens (tertiary/aromatic N) is 1. The fraction of sp³-hybridized carbons (Fsp3) is 0.222. The molecule has 4 N–H and O–H groups in total. The SMILES string of the molecule is N#Cc1ccc(O)c(C(N)CO)c1. The topological polar surface area (TPSA) is 90.3 Å². The third kappa shape index (κ3) is 1.96. The van der Waals surface area contributed by atoms with E-state index in [-0.39, 0.29) is 12.4 Å². The maximum absolute atomic E-state index is 9.33. The number of aliphatic hydroxyl groups excluding tert-OH is 1. The van der Waals surface area contributed by atoms with E-state index in [9.17, 15) is 5.11 Å². The van der Waals surface area contributed by atoms with E-state index in [1.807, 2.05) is 6.07 Å². The summed E-state index contributed by atoms with van der Waals surface area (Å²) in [4.78, 5) is 0. The molecule has 0 aromatic heterocycles. The lowest BCUT2D eigenvalue weighted by Crippen LogP contribution is -2.14. The third-order valence-corrected chi connectivity index (χ3v) is 1.75. The molecule has 0 aliphatic carbocycles. The third-order valence-electron chi connectivity index (χ3n) is 1.75. The van der Waals surface area contributed by atoms with Crippen LogP contribution in [0.2, 0.25) is 0 Å². The number of hydrogen-bond acceptors (Lipinski definition) is 4. The Morgan fingerprint density at radius 1 is 1.54 bits per heavy atom. The molecule has 0 aliphatic heterocycles. The van der Waals surface area contributed by atoms with Crippen molar-refractivity contribution >= 4 is 0 Å². The smallest absolute Gasteiger partial charge is 0.120 e. The molecule has 4 nitrogen and oxygen atoms in total. The van der Waals surface area contributed by atoms with Gasteiger partial charge in [-0.3, -0.25) is 0 Å². The molecule has 0 amide bonds. The number of nitrogens with two attached hydrogens (primary N) is 1. The number of hydrogen-bond donors (Lipinski definition) is 3. The molecule has 1 aromatic carbocycles. The monoisotopic (exact) mass is 178 g/mol. The van der Waals surface area contributed by atoms with Crippen molar-refractivity contribution in [3.63, 3.8) is 0 Å². The Labute approximate surface area is 75.8 Å². The lowest BCUT2D eigenvalue weighted by Gasteiger charge is -2.10. The first-order valence-electron chi connectivity index (χ1n) is 3.78. The lowest BCUT2D eigenvalue weighted by atomic mass is 10.0. The number of nitriles is 1. The van der Waals surface area contributed by atoms with Crippen molar-refractivity contribution in [2.75, 3.05) is 6.61 Å². The highest BCUT2D eigenvalue weighted by molar-refractivity contribution is 5.42. The summed E-state index contributed by atoms with van der Waals surface area (Å²) in [5, 5.41) is 26.7. The molecule has 0 fully saturated rings. The average Bonchev–Trinajstić information content (AvgIpc) is 2.17. The van der Waals surface area contributed by atoms with Crippen LogP contribution in [0.3, 0.4) is 0 Å². The van der Waals surface area contributed by atoms with E-state index >= 15 is 0 Å². The van der Waals surface area contributed by atoms with E-state index in [0.29, 0.717) is 11.1 Å². The zero-order valence-corrected chi connectivity index (χ0v) is 6.94. The predicted molar refractivity (Wildman–Crippen MR) is 46.8 cm³/mol. The minimum absolute atomic E-state index is 0.000509. The fourth-order valence-electron chi connectivity index (χ4n) is 1.02. The van der Waals surface area contributed by atoms with Crippen molar-refractivity contribution < 1.29 is 10.2 Å². The van der Waals surface area contributed by atoms with Crippen LogP contribution in [-0.4, -0.2) is 16.8 Å². The highest BCUT2D eigenvalue weighted by Gasteiger charge is 2.10. The van der Waals surface area contributed by atoms with Crippen LogP contribution in [-0.2, 0) is 0 Å². The molecule has 13 heavy (non-hydrogen) atoms. The summed E-state index contributed by atoms with van der Waals surface area (Å²) in [6.45, 7) is -0.261. The molecule has 1 atom stereocenters. The Morgan fingerprint density at radius 3 is 2.77 bits per heavy atom. The minimum atomic E-state index is -0.645.